The summed E-state index contributed by atoms with van der Waals surface area (Å²) in [5.41, 5.74) is 3.23. The quantitative estimate of drug-likeness (QED) is 0.522. The van der Waals surface area contributed by atoms with Gasteiger partial charge in [0.05, 0.1) is 13.3 Å². The van der Waals surface area contributed by atoms with Crippen LogP contribution in [0.1, 0.15) is 18.2 Å². The second-order valence-electron chi connectivity index (χ2n) is 8.35. The van der Waals surface area contributed by atoms with Gasteiger partial charge in [0.25, 0.3) is 0 Å². The molecule has 2 aliphatic heterocycles. The van der Waals surface area contributed by atoms with Crippen molar-refractivity contribution in [2.45, 2.75) is 12.6 Å². The van der Waals surface area contributed by atoms with Crippen LogP contribution < -0.4 is 15.0 Å². The molecule has 172 valence electrons. The number of anilines is 2. The van der Waals surface area contributed by atoms with Crippen LogP contribution in [-0.2, 0) is 0 Å². The molecule has 1 aromatic heterocycles. The van der Waals surface area contributed by atoms with Gasteiger partial charge in [0.2, 0.25) is 0 Å². The molecule has 0 saturated carbocycles. The van der Waals surface area contributed by atoms with Gasteiger partial charge < -0.3 is 20.1 Å². The summed E-state index contributed by atoms with van der Waals surface area (Å²) in [5.74, 6) is 0.823. The van der Waals surface area contributed by atoms with E-state index in [1.807, 2.05) is 41.5 Å². The fourth-order valence-corrected chi connectivity index (χ4v) is 5.29. The van der Waals surface area contributed by atoms with E-state index in [9.17, 15) is 5.11 Å². The van der Waals surface area contributed by atoms with Crippen molar-refractivity contribution >= 4 is 45.2 Å². The van der Waals surface area contributed by atoms with Crippen molar-refractivity contribution in [3.63, 3.8) is 0 Å². The Hall–Kier alpha value is -2.03. The van der Waals surface area contributed by atoms with Crippen molar-refractivity contribution in [1.29, 1.82) is 0 Å². The zero-order valence-corrected chi connectivity index (χ0v) is 20.0. The number of aliphatic hydroxyl groups excluding tert-OH is 1. The summed E-state index contributed by atoms with van der Waals surface area (Å²) in [5, 5.41) is 17.2. The van der Waals surface area contributed by atoms with Crippen molar-refractivity contribution in [3.8, 4) is 5.75 Å². The van der Waals surface area contributed by atoms with Gasteiger partial charge in [-0.15, -0.1) is 23.7 Å². The number of nitrogens with one attached hydrogen (secondary N) is 1. The lowest BCUT2D eigenvalue weighted by molar-refractivity contribution is 0.0210. The van der Waals surface area contributed by atoms with Gasteiger partial charge in [-0.25, -0.2) is 0 Å². The maximum Gasteiger partial charge on any atom is 0.136 e. The summed E-state index contributed by atoms with van der Waals surface area (Å²) in [6.45, 7) is 6.69. The molecule has 3 aromatic rings. The predicted molar refractivity (Wildman–Crippen MR) is 135 cm³/mol. The van der Waals surface area contributed by atoms with E-state index in [4.69, 9.17) is 4.74 Å². The van der Waals surface area contributed by atoms with Gasteiger partial charge in [0, 0.05) is 59.7 Å². The van der Waals surface area contributed by atoms with Crippen LogP contribution >= 0.6 is 23.7 Å². The van der Waals surface area contributed by atoms with Gasteiger partial charge in [0.1, 0.15) is 12.0 Å². The highest BCUT2D eigenvalue weighted by atomic mass is 35.5. The van der Waals surface area contributed by atoms with Crippen molar-refractivity contribution in [2.75, 3.05) is 63.3 Å². The standard InChI is InChI=1S/C24H30N4O2S.ClH/c1-26-17-25-21-7-6-18(16-20(21)24(26)29)30-14-3-9-27-10-12-28(13-11-27)22-4-2-5-23-19(22)8-15-31-23;/h2,4-8,15-16,24-25,29H,3,9-14,17H2,1H3;1H. The molecule has 6 nitrogen and oxygen atoms in total. The molecule has 5 rings (SSSR count). The highest BCUT2D eigenvalue weighted by molar-refractivity contribution is 7.17. The summed E-state index contributed by atoms with van der Waals surface area (Å²) in [6.07, 6.45) is 0.411. The van der Waals surface area contributed by atoms with Crippen molar-refractivity contribution in [2.24, 2.45) is 0 Å². The zero-order valence-electron chi connectivity index (χ0n) is 18.4. The van der Waals surface area contributed by atoms with E-state index in [-0.39, 0.29) is 12.4 Å². The average molecular weight is 475 g/mol. The minimum absolute atomic E-state index is 0. The van der Waals surface area contributed by atoms with E-state index in [0.29, 0.717) is 13.3 Å². The van der Waals surface area contributed by atoms with Crippen LogP contribution in [0.15, 0.2) is 47.8 Å². The lowest BCUT2D eigenvalue weighted by atomic mass is 10.1. The fourth-order valence-electron chi connectivity index (χ4n) is 4.48. The molecule has 1 fully saturated rings. The Morgan fingerprint density at radius 3 is 2.81 bits per heavy atom. The van der Waals surface area contributed by atoms with E-state index in [1.165, 1.54) is 15.8 Å². The molecule has 0 bridgehead atoms. The topological polar surface area (TPSA) is 51.2 Å². The summed E-state index contributed by atoms with van der Waals surface area (Å²) in [6, 6.07) is 14.8. The Morgan fingerprint density at radius 2 is 1.97 bits per heavy atom. The van der Waals surface area contributed by atoms with Gasteiger partial charge in [0.15, 0.2) is 0 Å². The molecule has 0 radical (unpaired) electrons. The second kappa shape index (κ2) is 10.3. The number of benzene rings is 2. The van der Waals surface area contributed by atoms with Crippen LogP contribution in [-0.4, -0.2) is 68.0 Å². The third kappa shape index (κ3) is 4.82. The Labute approximate surface area is 199 Å². The SMILES string of the molecule is CN1CNc2ccc(OCCCN3CCN(c4cccc5sccc45)CC3)cc2C1O.Cl. The van der Waals surface area contributed by atoms with Crippen LogP contribution in [0, 0.1) is 0 Å². The number of fused-ring (bicyclic) bond motifs is 2. The first kappa shape index (κ1) is 23.1. The average Bonchev–Trinajstić information content (AvgIpc) is 3.29. The molecule has 1 unspecified atom stereocenters. The van der Waals surface area contributed by atoms with Crippen LogP contribution in [0.3, 0.4) is 0 Å². The highest BCUT2D eigenvalue weighted by Gasteiger charge is 2.23. The number of halogens is 1. The number of rotatable bonds is 6. The molecule has 2 N–H and O–H groups in total. The number of thiophene rings is 1. The lowest BCUT2D eigenvalue weighted by Crippen LogP contribution is -2.46. The van der Waals surface area contributed by atoms with E-state index < -0.39 is 6.23 Å². The normalized spacial score (nSPS) is 19.3. The Morgan fingerprint density at radius 1 is 1.12 bits per heavy atom. The number of hydrogen-bond donors (Lipinski definition) is 2. The molecule has 0 spiro atoms. The summed E-state index contributed by atoms with van der Waals surface area (Å²) >= 11 is 1.81. The van der Waals surface area contributed by atoms with Gasteiger partial charge in [-0.1, -0.05) is 6.07 Å². The predicted octanol–water partition coefficient (Wildman–Crippen LogP) is 4.22. The first-order chi connectivity index (χ1) is 15.2. The van der Waals surface area contributed by atoms with Gasteiger partial charge in [-0.05, 0) is 55.2 Å². The van der Waals surface area contributed by atoms with Gasteiger partial charge in [-0.3, -0.25) is 9.80 Å². The Bertz CT molecular complexity index is 1040. The molecular formula is C24H31ClN4O2S. The molecule has 1 saturated heterocycles. The number of aliphatic hydroxyl groups is 1. The smallest absolute Gasteiger partial charge is 0.136 e. The molecule has 0 aliphatic carbocycles. The maximum atomic E-state index is 10.4. The third-order valence-corrected chi connectivity index (χ3v) is 7.19. The van der Waals surface area contributed by atoms with Crippen LogP contribution in [0.4, 0.5) is 11.4 Å². The monoisotopic (exact) mass is 474 g/mol. The maximum absolute atomic E-state index is 10.4. The number of hydrogen-bond acceptors (Lipinski definition) is 7. The molecule has 1 atom stereocenters. The van der Waals surface area contributed by atoms with Crippen molar-refractivity contribution < 1.29 is 9.84 Å². The van der Waals surface area contributed by atoms with E-state index in [0.717, 1.165) is 56.1 Å². The minimum Gasteiger partial charge on any atom is -0.494 e. The van der Waals surface area contributed by atoms with E-state index in [2.05, 4.69) is 44.8 Å². The van der Waals surface area contributed by atoms with Crippen molar-refractivity contribution in [1.82, 2.24) is 9.80 Å². The third-order valence-electron chi connectivity index (χ3n) is 6.31. The minimum atomic E-state index is -0.587. The number of nitrogens with zero attached hydrogens (tertiary/aromatic N) is 3. The van der Waals surface area contributed by atoms with Crippen LogP contribution in [0.25, 0.3) is 10.1 Å². The molecule has 8 heteroatoms. The molecular weight excluding hydrogens is 444 g/mol. The zero-order chi connectivity index (χ0) is 21.2. The Balaban J connectivity index is 0.00000245. The van der Waals surface area contributed by atoms with Crippen molar-refractivity contribution in [3.05, 3.63) is 53.4 Å². The molecule has 2 aromatic carbocycles. The van der Waals surface area contributed by atoms with Crippen LogP contribution in [0.2, 0.25) is 0 Å². The number of piperazine rings is 1. The molecule has 2 aliphatic rings. The molecule has 3 heterocycles. The molecule has 32 heavy (non-hydrogen) atoms. The summed E-state index contributed by atoms with van der Waals surface area (Å²) < 4.78 is 7.35. The first-order valence-corrected chi connectivity index (χ1v) is 11.9. The Kier molecular flexibility index (Phi) is 7.43. The van der Waals surface area contributed by atoms with Gasteiger partial charge >= 0.3 is 0 Å². The first-order valence-electron chi connectivity index (χ1n) is 11.0. The van der Waals surface area contributed by atoms with E-state index in [1.54, 1.807) is 0 Å². The van der Waals surface area contributed by atoms with Crippen LogP contribution in [0.5, 0.6) is 5.75 Å². The second-order valence-corrected chi connectivity index (χ2v) is 9.30. The largest absolute Gasteiger partial charge is 0.494 e. The van der Waals surface area contributed by atoms with E-state index >= 15 is 0 Å². The lowest BCUT2D eigenvalue weighted by Gasteiger charge is -2.36. The van der Waals surface area contributed by atoms with Gasteiger partial charge in [-0.2, -0.15) is 0 Å². The fraction of sp³-hybridized carbons (Fsp3) is 0.417. The highest BCUT2D eigenvalue weighted by Crippen LogP contribution is 2.33. The summed E-state index contributed by atoms with van der Waals surface area (Å²) in [7, 11) is 1.90. The summed E-state index contributed by atoms with van der Waals surface area (Å²) in [4.78, 5) is 6.92. The number of ether oxygens (including phenoxy) is 1. The molecule has 0 amide bonds.